The van der Waals surface area contributed by atoms with Crippen LogP contribution in [0, 0.1) is 23.7 Å². The highest BCUT2D eigenvalue weighted by molar-refractivity contribution is 9.10. The third kappa shape index (κ3) is 5.83. The van der Waals surface area contributed by atoms with E-state index in [9.17, 15) is 9.59 Å². The Bertz CT molecular complexity index is 605. The van der Waals surface area contributed by atoms with Crippen LogP contribution in [0.5, 0.6) is 0 Å². The van der Waals surface area contributed by atoms with Crippen LogP contribution in [0.4, 0.5) is 5.69 Å². The van der Waals surface area contributed by atoms with Crippen LogP contribution in [0.3, 0.4) is 0 Å². The molecule has 1 aromatic carbocycles. The standard InChI is InChI=1S/C21H31BrN2O2/c1-13(2)15-5-7-16(8-6-15)20(25)24-19(14(3)4)21(26)23-18-11-9-17(22)10-12-18/h9-16,19H,5-8H2,1-4H3,(H,23,26)(H,24,25)/t15?,16?,19-/m1/s1. The molecule has 2 rings (SSSR count). The minimum atomic E-state index is -0.519. The van der Waals surface area contributed by atoms with E-state index in [1.54, 1.807) is 0 Å². The maximum atomic E-state index is 12.7. The van der Waals surface area contributed by atoms with Gasteiger partial charge in [0.05, 0.1) is 0 Å². The molecule has 0 bridgehead atoms. The average molecular weight is 423 g/mol. The molecule has 1 aromatic rings. The highest BCUT2D eigenvalue weighted by Gasteiger charge is 2.31. The van der Waals surface area contributed by atoms with Gasteiger partial charge in [0.15, 0.2) is 0 Å². The number of hydrogen-bond donors (Lipinski definition) is 2. The number of nitrogens with one attached hydrogen (secondary N) is 2. The summed E-state index contributed by atoms with van der Waals surface area (Å²) in [7, 11) is 0. The van der Waals surface area contributed by atoms with Crippen molar-refractivity contribution >= 4 is 33.4 Å². The van der Waals surface area contributed by atoms with Gasteiger partial charge >= 0.3 is 0 Å². The van der Waals surface area contributed by atoms with E-state index in [-0.39, 0.29) is 23.7 Å². The lowest BCUT2D eigenvalue weighted by molar-refractivity contribution is -0.131. The van der Waals surface area contributed by atoms with Gasteiger partial charge in [-0.25, -0.2) is 0 Å². The fraction of sp³-hybridized carbons (Fsp3) is 0.619. The molecule has 0 aliphatic heterocycles. The summed E-state index contributed by atoms with van der Waals surface area (Å²) in [5.74, 6) is 1.33. The van der Waals surface area contributed by atoms with Crippen molar-refractivity contribution < 1.29 is 9.59 Å². The number of rotatable bonds is 6. The minimum Gasteiger partial charge on any atom is -0.344 e. The summed E-state index contributed by atoms with van der Waals surface area (Å²) in [5, 5.41) is 5.91. The Morgan fingerprint density at radius 3 is 2.08 bits per heavy atom. The lowest BCUT2D eigenvalue weighted by Gasteiger charge is -2.31. The van der Waals surface area contributed by atoms with E-state index in [0.717, 1.165) is 41.8 Å². The van der Waals surface area contributed by atoms with Crippen LogP contribution in [-0.4, -0.2) is 17.9 Å². The molecule has 0 unspecified atom stereocenters. The number of halogens is 1. The number of amides is 2. The van der Waals surface area contributed by atoms with Gasteiger partial charge < -0.3 is 10.6 Å². The quantitative estimate of drug-likeness (QED) is 0.677. The predicted octanol–water partition coefficient (Wildman–Crippen LogP) is 4.99. The Labute approximate surface area is 165 Å². The SMILES string of the molecule is CC(C)C1CCC(C(=O)N[C@@H](C(=O)Nc2ccc(Br)cc2)C(C)C)CC1. The van der Waals surface area contributed by atoms with Crippen molar-refractivity contribution in [3.05, 3.63) is 28.7 Å². The van der Waals surface area contributed by atoms with E-state index in [1.807, 2.05) is 38.1 Å². The molecule has 0 spiro atoms. The van der Waals surface area contributed by atoms with Crippen LogP contribution in [0.15, 0.2) is 28.7 Å². The molecule has 0 radical (unpaired) electrons. The fourth-order valence-electron chi connectivity index (χ4n) is 3.61. The summed E-state index contributed by atoms with van der Waals surface area (Å²) < 4.78 is 0.959. The zero-order valence-electron chi connectivity index (χ0n) is 16.2. The van der Waals surface area contributed by atoms with Gasteiger partial charge in [-0.2, -0.15) is 0 Å². The van der Waals surface area contributed by atoms with Crippen LogP contribution in [0.1, 0.15) is 53.4 Å². The molecular formula is C21H31BrN2O2. The molecule has 144 valence electrons. The molecular weight excluding hydrogens is 392 g/mol. The number of hydrogen-bond acceptors (Lipinski definition) is 2. The monoisotopic (exact) mass is 422 g/mol. The zero-order valence-corrected chi connectivity index (χ0v) is 17.8. The van der Waals surface area contributed by atoms with Crippen molar-refractivity contribution in [2.75, 3.05) is 5.32 Å². The topological polar surface area (TPSA) is 58.2 Å². The number of benzene rings is 1. The normalized spacial score (nSPS) is 21.5. The second-order valence-electron chi connectivity index (χ2n) is 8.08. The lowest BCUT2D eigenvalue weighted by Crippen LogP contribution is -2.49. The van der Waals surface area contributed by atoms with Gasteiger partial charge in [0.25, 0.3) is 0 Å². The van der Waals surface area contributed by atoms with E-state index in [0.29, 0.717) is 5.92 Å². The maximum absolute atomic E-state index is 12.7. The molecule has 2 N–H and O–H groups in total. The molecule has 26 heavy (non-hydrogen) atoms. The molecule has 1 atom stereocenters. The number of carbonyl (C=O) groups excluding carboxylic acids is 2. The summed E-state index contributed by atoms with van der Waals surface area (Å²) in [6.45, 7) is 8.43. The average Bonchev–Trinajstić information content (AvgIpc) is 2.61. The molecule has 1 aliphatic carbocycles. The van der Waals surface area contributed by atoms with Crippen LogP contribution in [0.2, 0.25) is 0 Å². The summed E-state index contributed by atoms with van der Waals surface area (Å²) in [6.07, 6.45) is 4.06. The van der Waals surface area contributed by atoms with Crippen LogP contribution in [0.25, 0.3) is 0 Å². The molecule has 2 amide bonds. The predicted molar refractivity (Wildman–Crippen MR) is 110 cm³/mol. The Balaban J connectivity index is 1.93. The van der Waals surface area contributed by atoms with E-state index in [2.05, 4.69) is 40.4 Å². The van der Waals surface area contributed by atoms with Gasteiger partial charge in [-0.3, -0.25) is 9.59 Å². The Morgan fingerprint density at radius 1 is 1.00 bits per heavy atom. The first-order valence-corrected chi connectivity index (χ1v) is 10.4. The van der Waals surface area contributed by atoms with Crippen molar-refractivity contribution in [2.45, 2.75) is 59.4 Å². The van der Waals surface area contributed by atoms with E-state index >= 15 is 0 Å². The van der Waals surface area contributed by atoms with Gasteiger partial charge in [0.2, 0.25) is 11.8 Å². The molecule has 0 aromatic heterocycles. The summed E-state index contributed by atoms with van der Waals surface area (Å²) in [4.78, 5) is 25.4. The molecule has 1 aliphatic rings. The Hall–Kier alpha value is -1.36. The first-order chi connectivity index (χ1) is 12.3. The van der Waals surface area contributed by atoms with Crippen molar-refractivity contribution in [1.29, 1.82) is 0 Å². The van der Waals surface area contributed by atoms with E-state index in [1.165, 1.54) is 0 Å². The molecule has 5 heteroatoms. The van der Waals surface area contributed by atoms with Crippen molar-refractivity contribution in [3.8, 4) is 0 Å². The maximum Gasteiger partial charge on any atom is 0.247 e. The fourth-order valence-corrected chi connectivity index (χ4v) is 3.87. The third-order valence-electron chi connectivity index (χ3n) is 5.44. The second-order valence-corrected chi connectivity index (χ2v) is 9.00. The molecule has 1 saturated carbocycles. The lowest BCUT2D eigenvalue weighted by atomic mass is 9.76. The first kappa shape index (κ1) is 20.9. The van der Waals surface area contributed by atoms with Crippen molar-refractivity contribution in [2.24, 2.45) is 23.7 Å². The molecule has 0 saturated heterocycles. The van der Waals surface area contributed by atoms with Crippen LogP contribution < -0.4 is 10.6 Å². The van der Waals surface area contributed by atoms with Gasteiger partial charge in [-0.1, -0.05) is 43.6 Å². The van der Waals surface area contributed by atoms with Crippen molar-refractivity contribution in [1.82, 2.24) is 5.32 Å². The van der Waals surface area contributed by atoms with E-state index in [4.69, 9.17) is 0 Å². The second kappa shape index (κ2) is 9.54. The summed E-state index contributed by atoms with van der Waals surface area (Å²) >= 11 is 3.38. The highest BCUT2D eigenvalue weighted by Crippen LogP contribution is 2.33. The Kier molecular flexibility index (Phi) is 7.69. The highest BCUT2D eigenvalue weighted by atomic mass is 79.9. The largest absolute Gasteiger partial charge is 0.344 e. The van der Waals surface area contributed by atoms with Gasteiger partial charge in [-0.05, 0) is 67.7 Å². The minimum absolute atomic E-state index is 0.0249. The summed E-state index contributed by atoms with van der Waals surface area (Å²) in [5.41, 5.74) is 0.732. The molecule has 4 nitrogen and oxygen atoms in total. The number of carbonyl (C=O) groups is 2. The smallest absolute Gasteiger partial charge is 0.247 e. The zero-order chi connectivity index (χ0) is 19.3. The van der Waals surface area contributed by atoms with Crippen LogP contribution in [-0.2, 0) is 9.59 Å². The molecule has 1 fully saturated rings. The first-order valence-electron chi connectivity index (χ1n) is 9.64. The van der Waals surface area contributed by atoms with Gasteiger partial charge in [-0.15, -0.1) is 0 Å². The van der Waals surface area contributed by atoms with Crippen LogP contribution >= 0.6 is 15.9 Å². The van der Waals surface area contributed by atoms with Gasteiger partial charge in [0, 0.05) is 16.1 Å². The van der Waals surface area contributed by atoms with Gasteiger partial charge in [0.1, 0.15) is 6.04 Å². The number of anilines is 1. The molecule has 0 heterocycles. The third-order valence-corrected chi connectivity index (χ3v) is 5.97. The Morgan fingerprint density at radius 2 is 1.58 bits per heavy atom. The van der Waals surface area contributed by atoms with Crippen molar-refractivity contribution in [3.63, 3.8) is 0 Å². The van der Waals surface area contributed by atoms with E-state index < -0.39 is 6.04 Å². The summed E-state index contributed by atoms with van der Waals surface area (Å²) in [6, 6.07) is 6.93.